The number of ketones is 1. The standard InChI is InChI=1S/C11H16O2/c1-3-4-5-6-11(12)10-7-8-13-9(10)2/h7-8H,3-6H2,1-2H3. The van der Waals surface area contributed by atoms with Crippen LogP contribution in [0, 0.1) is 6.92 Å². The first kappa shape index (κ1) is 10.0. The van der Waals surface area contributed by atoms with E-state index in [1.165, 1.54) is 0 Å². The third kappa shape index (κ3) is 2.72. The first-order valence-corrected chi connectivity index (χ1v) is 4.83. The van der Waals surface area contributed by atoms with Crippen LogP contribution in [0.5, 0.6) is 0 Å². The number of furan rings is 1. The Kier molecular flexibility index (Phi) is 3.74. The normalized spacial score (nSPS) is 10.3. The van der Waals surface area contributed by atoms with E-state index in [0.717, 1.165) is 30.6 Å². The minimum absolute atomic E-state index is 0.208. The van der Waals surface area contributed by atoms with Crippen molar-refractivity contribution in [3.05, 3.63) is 23.7 Å². The maximum atomic E-state index is 11.5. The Balaban J connectivity index is 2.45. The van der Waals surface area contributed by atoms with Crippen LogP contribution >= 0.6 is 0 Å². The van der Waals surface area contributed by atoms with E-state index in [0.29, 0.717) is 6.42 Å². The van der Waals surface area contributed by atoms with E-state index in [1.54, 1.807) is 12.3 Å². The molecule has 2 heteroatoms. The summed E-state index contributed by atoms with van der Waals surface area (Å²) in [6.45, 7) is 3.96. The fraction of sp³-hybridized carbons (Fsp3) is 0.545. The van der Waals surface area contributed by atoms with E-state index in [9.17, 15) is 4.79 Å². The highest BCUT2D eigenvalue weighted by Crippen LogP contribution is 2.13. The van der Waals surface area contributed by atoms with Crippen molar-refractivity contribution in [3.8, 4) is 0 Å². The molecule has 0 bridgehead atoms. The van der Waals surface area contributed by atoms with E-state index in [-0.39, 0.29) is 5.78 Å². The van der Waals surface area contributed by atoms with Gasteiger partial charge in [0.25, 0.3) is 0 Å². The van der Waals surface area contributed by atoms with E-state index >= 15 is 0 Å². The van der Waals surface area contributed by atoms with Crippen LogP contribution in [0.1, 0.15) is 48.7 Å². The Morgan fingerprint density at radius 3 is 2.77 bits per heavy atom. The van der Waals surface area contributed by atoms with Gasteiger partial charge in [0.15, 0.2) is 5.78 Å². The van der Waals surface area contributed by atoms with E-state index < -0.39 is 0 Å². The molecule has 0 unspecified atom stereocenters. The van der Waals surface area contributed by atoms with Gasteiger partial charge in [0, 0.05) is 6.42 Å². The summed E-state index contributed by atoms with van der Waals surface area (Å²) < 4.78 is 5.07. The minimum atomic E-state index is 0.208. The van der Waals surface area contributed by atoms with Crippen molar-refractivity contribution >= 4 is 5.78 Å². The highest BCUT2D eigenvalue weighted by Gasteiger charge is 2.09. The minimum Gasteiger partial charge on any atom is -0.469 e. The molecule has 0 spiro atoms. The topological polar surface area (TPSA) is 30.2 Å². The van der Waals surface area contributed by atoms with Gasteiger partial charge in [0.05, 0.1) is 11.8 Å². The van der Waals surface area contributed by atoms with Gasteiger partial charge in [0.1, 0.15) is 5.76 Å². The molecule has 0 fully saturated rings. The van der Waals surface area contributed by atoms with Gasteiger partial charge in [-0.05, 0) is 19.4 Å². The highest BCUT2D eigenvalue weighted by atomic mass is 16.3. The number of carbonyl (C=O) groups excluding carboxylic acids is 1. The smallest absolute Gasteiger partial charge is 0.166 e. The lowest BCUT2D eigenvalue weighted by Crippen LogP contribution is -1.98. The van der Waals surface area contributed by atoms with E-state index in [4.69, 9.17) is 4.42 Å². The molecule has 0 amide bonds. The summed E-state index contributed by atoms with van der Waals surface area (Å²) in [4.78, 5) is 11.5. The second-order valence-corrected chi connectivity index (χ2v) is 3.27. The summed E-state index contributed by atoms with van der Waals surface area (Å²) >= 11 is 0. The molecular formula is C11H16O2. The number of hydrogen-bond acceptors (Lipinski definition) is 2. The molecule has 0 radical (unpaired) electrons. The van der Waals surface area contributed by atoms with Crippen molar-refractivity contribution in [1.29, 1.82) is 0 Å². The summed E-state index contributed by atoms with van der Waals surface area (Å²) in [5.41, 5.74) is 0.746. The fourth-order valence-electron chi connectivity index (χ4n) is 1.34. The van der Waals surface area contributed by atoms with E-state index in [1.807, 2.05) is 6.92 Å². The van der Waals surface area contributed by atoms with Gasteiger partial charge in [-0.15, -0.1) is 0 Å². The van der Waals surface area contributed by atoms with Gasteiger partial charge in [-0.1, -0.05) is 19.8 Å². The Morgan fingerprint density at radius 1 is 1.46 bits per heavy atom. The average molecular weight is 180 g/mol. The van der Waals surface area contributed by atoms with Gasteiger partial charge >= 0.3 is 0 Å². The van der Waals surface area contributed by atoms with Crippen LogP contribution in [-0.4, -0.2) is 5.78 Å². The van der Waals surface area contributed by atoms with Crippen LogP contribution in [0.25, 0.3) is 0 Å². The average Bonchev–Trinajstić information content (AvgIpc) is 2.52. The van der Waals surface area contributed by atoms with Gasteiger partial charge in [-0.25, -0.2) is 0 Å². The molecule has 0 aliphatic heterocycles. The van der Waals surface area contributed by atoms with Crippen molar-refractivity contribution < 1.29 is 9.21 Å². The second-order valence-electron chi connectivity index (χ2n) is 3.27. The van der Waals surface area contributed by atoms with Gasteiger partial charge < -0.3 is 4.42 Å². The SMILES string of the molecule is CCCCCC(=O)c1ccoc1C. The third-order valence-corrected chi connectivity index (χ3v) is 2.17. The maximum Gasteiger partial charge on any atom is 0.166 e. The maximum absolute atomic E-state index is 11.5. The largest absolute Gasteiger partial charge is 0.469 e. The Hall–Kier alpha value is -1.05. The molecule has 0 aromatic carbocycles. The molecule has 1 rings (SSSR count). The second kappa shape index (κ2) is 4.85. The number of unbranched alkanes of at least 4 members (excludes halogenated alkanes) is 2. The van der Waals surface area contributed by atoms with Crippen LogP contribution in [-0.2, 0) is 0 Å². The molecule has 2 nitrogen and oxygen atoms in total. The molecule has 0 N–H and O–H groups in total. The van der Waals surface area contributed by atoms with Crippen LogP contribution in [0.3, 0.4) is 0 Å². The molecule has 1 aromatic heterocycles. The predicted molar refractivity (Wildman–Crippen MR) is 51.9 cm³/mol. The number of Topliss-reactive ketones (excluding diaryl/α,β-unsaturated/α-hetero) is 1. The van der Waals surface area contributed by atoms with Gasteiger partial charge in [-0.2, -0.15) is 0 Å². The summed E-state index contributed by atoms with van der Waals surface area (Å²) in [7, 11) is 0. The molecule has 0 aliphatic rings. The molecule has 13 heavy (non-hydrogen) atoms. The van der Waals surface area contributed by atoms with E-state index in [2.05, 4.69) is 6.92 Å². The number of rotatable bonds is 5. The van der Waals surface area contributed by atoms with Crippen molar-refractivity contribution in [1.82, 2.24) is 0 Å². The summed E-state index contributed by atoms with van der Waals surface area (Å²) in [6, 6.07) is 1.75. The molecule has 0 saturated carbocycles. The molecule has 1 heterocycles. The van der Waals surface area contributed by atoms with Crippen molar-refractivity contribution in [2.45, 2.75) is 39.5 Å². The highest BCUT2D eigenvalue weighted by molar-refractivity contribution is 5.96. The third-order valence-electron chi connectivity index (χ3n) is 2.17. The van der Waals surface area contributed by atoms with Crippen LogP contribution in [0.2, 0.25) is 0 Å². The molecule has 1 aromatic rings. The van der Waals surface area contributed by atoms with Gasteiger partial charge in [-0.3, -0.25) is 4.79 Å². The van der Waals surface area contributed by atoms with Crippen LogP contribution in [0.4, 0.5) is 0 Å². The predicted octanol–water partition coefficient (Wildman–Crippen LogP) is 3.35. The number of aryl methyl sites for hydroxylation is 1. The van der Waals surface area contributed by atoms with Crippen molar-refractivity contribution in [2.24, 2.45) is 0 Å². The number of hydrogen-bond donors (Lipinski definition) is 0. The Bertz CT molecular complexity index is 273. The molecule has 72 valence electrons. The fourth-order valence-corrected chi connectivity index (χ4v) is 1.34. The Morgan fingerprint density at radius 2 is 2.23 bits per heavy atom. The quantitative estimate of drug-likeness (QED) is 0.513. The molecule has 0 aliphatic carbocycles. The first-order chi connectivity index (χ1) is 6.25. The summed E-state index contributed by atoms with van der Waals surface area (Å²) in [5.74, 6) is 0.946. The number of carbonyl (C=O) groups is 1. The molecular weight excluding hydrogens is 164 g/mol. The zero-order chi connectivity index (χ0) is 9.68. The van der Waals surface area contributed by atoms with Crippen LogP contribution in [0.15, 0.2) is 16.7 Å². The lowest BCUT2D eigenvalue weighted by atomic mass is 10.1. The van der Waals surface area contributed by atoms with Gasteiger partial charge in [0.2, 0.25) is 0 Å². The molecule has 0 atom stereocenters. The molecule has 0 saturated heterocycles. The summed E-state index contributed by atoms with van der Waals surface area (Å²) in [6.07, 6.45) is 5.48. The van der Waals surface area contributed by atoms with Crippen molar-refractivity contribution in [3.63, 3.8) is 0 Å². The monoisotopic (exact) mass is 180 g/mol. The first-order valence-electron chi connectivity index (χ1n) is 4.83. The lowest BCUT2D eigenvalue weighted by Gasteiger charge is -1.97. The lowest BCUT2D eigenvalue weighted by molar-refractivity contribution is 0.0978. The van der Waals surface area contributed by atoms with Crippen LogP contribution < -0.4 is 0 Å². The summed E-state index contributed by atoms with van der Waals surface area (Å²) in [5, 5.41) is 0. The Labute approximate surface area is 78.9 Å². The van der Waals surface area contributed by atoms with Crippen molar-refractivity contribution in [2.75, 3.05) is 0 Å². The zero-order valence-electron chi connectivity index (χ0n) is 8.30. The zero-order valence-corrected chi connectivity index (χ0v) is 8.30.